The number of benzene rings is 2. The van der Waals surface area contributed by atoms with Crippen molar-refractivity contribution < 1.29 is 14.1 Å². The van der Waals surface area contributed by atoms with Crippen molar-refractivity contribution in [3.63, 3.8) is 0 Å². The Morgan fingerprint density at radius 1 is 1.13 bits per heavy atom. The molecule has 2 aromatic carbocycles. The molecule has 1 saturated carbocycles. The lowest BCUT2D eigenvalue weighted by molar-refractivity contribution is 0.148. The number of nitrogen functional groups attached to an aromatic ring is 1. The Morgan fingerprint density at radius 3 is 2.58 bits per heavy atom. The van der Waals surface area contributed by atoms with Crippen molar-refractivity contribution in [2.75, 3.05) is 36.8 Å². The molecule has 2 heterocycles. The third-order valence-corrected chi connectivity index (χ3v) is 8.34. The first kappa shape index (κ1) is 26.4. The molecule has 0 bridgehead atoms. The summed E-state index contributed by atoms with van der Waals surface area (Å²) in [6, 6.07) is 15.1. The smallest absolute Gasteiger partial charge is 0.316 e. The van der Waals surface area contributed by atoms with Gasteiger partial charge in [0.15, 0.2) is 11.2 Å². The molecular formula is C27H34N6O4S. The van der Waals surface area contributed by atoms with Gasteiger partial charge < -0.3 is 20.5 Å². The fourth-order valence-electron chi connectivity index (χ4n) is 4.84. The molecule has 3 atom stereocenters. The van der Waals surface area contributed by atoms with Crippen LogP contribution < -0.4 is 25.7 Å². The summed E-state index contributed by atoms with van der Waals surface area (Å²) in [4.78, 5) is 15.6. The SMILES string of the molecule is Cc1ccc(CNS(=O)N2CCN(c3cnn(-c4ccccc4)c(=O)c3OC3CCC(O)C3)CC2)cc1N. The molecule has 1 saturated heterocycles. The predicted molar refractivity (Wildman–Crippen MR) is 148 cm³/mol. The number of aliphatic hydroxyl groups is 1. The zero-order valence-electron chi connectivity index (χ0n) is 21.5. The number of piperazine rings is 1. The van der Waals surface area contributed by atoms with E-state index in [2.05, 4.69) is 14.7 Å². The van der Waals surface area contributed by atoms with Crippen molar-refractivity contribution in [1.82, 2.24) is 18.8 Å². The number of rotatable bonds is 8. The standard InChI is InChI=1S/C27H34N6O4S/c1-19-7-8-20(15-24(19)28)17-30-38(36)32-13-11-31(12-14-32)25-18-29-33(21-5-3-2-4-6-21)27(35)26(25)37-23-10-9-22(34)16-23/h2-8,15,18,22-23,30,34H,9-14,16-17,28H2,1H3. The molecule has 0 amide bonds. The van der Waals surface area contributed by atoms with E-state index >= 15 is 0 Å². The fourth-order valence-corrected chi connectivity index (χ4v) is 5.81. The number of ether oxygens (including phenoxy) is 1. The molecule has 0 radical (unpaired) electrons. The van der Waals surface area contributed by atoms with Gasteiger partial charge in [0, 0.05) is 44.8 Å². The van der Waals surface area contributed by atoms with E-state index in [-0.39, 0.29) is 17.4 Å². The number of anilines is 2. The molecule has 2 aliphatic rings. The molecule has 38 heavy (non-hydrogen) atoms. The number of hydrogen-bond acceptors (Lipinski definition) is 7. The lowest BCUT2D eigenvalue weighted by Crippen LogP contribution is -2.50. The number of nitrogens with zero attached hydrogens (tertiary/aromatic N) is 4. The monoisotopic (exact) mass is 538 g/mol. The number of nitrogens with two attached hydrogens (primary N) is 1. The molecule has 3 unspecified atom stereocenters. The van der Waals surface area contributed by atoms with E-state index in [9.17, 15) is 14.1 Å². The van der Waals surface area contributed by atoms with Crippen LogP contribution in [0.3, 0.4) is 0 Å². The third-order valence-electron chi connectivity index (χ3n) is 7.11. The molecule has 1 aliphatic heterocycles. The Labute approximate surface area is 224 Å². The van der Waals surface area contributed by atoms with Gasteiger partial charge in [0.1, 0.15) is 11.8 Å². The summed E-state index contributed by atoms with van der Waals surface area (Å²) in [5.41, 5.74) is 9.65. The fraction of sp³-hybridized carbons (Fsp3) is 0.407. The minimum absolute atomic E-state index is 0.225. The Balaban J connectivity index is 1.29. The van der Waals surface area contributed by atoms with Crippen molar-refractivity contribution in [2.45, 2.75) is 44.9 Å². The van der Waals surface area contributed by atoms with E-state index in [0.29, 0.717) is 63.4 Å². The third kappa shape index (κ3) is 5.91. The van der Waals surface area contributed by atoms with E-state index in [0.717, 1.165) is 16.8 Å². The molecule has 0 spiro atoms. The van der Waals surface area contributed by atoms with E-state index in [1.807, 2.05) is 59.8 Å². The molecule has 2 fully saturated rings. The van der Waals surface area contributed by atoms with Crippen LogP contribution in [0.1, 0.15) is 30.4 Å². The number of aliphatic hydroxyl groups excluding tert-OH is 1. The Morgan fingerprint density at radius 2 is 1.89 bits per heavy atom. The molecule has 11 heteroatoms. The zero-order valence-corrected chi connectivity index (χ0v) is 22.3. The van der Waals surface area contributed by atoms with Gasteiger partial charge in [0.2, 0.25) is 5.75 Å². The maximum absolute atomic E-state index is 13.5. The van der Waals surface area contributed by atoms with Gasteiger partial charge in [0.25, 0.3) is 0 Å². The maximum Gasteiger partial charge on any atom is 0.316 e. The summed E-state index contributed by atoms with van der Waals surface area (Å²) in [5.74, 6) is 0.243. The summed E-state index contributed by atoms with van der Waals surface area (Å²) >= 11 is -1.36. The first-order valence-electron chi connectivity index (χ1n) is 12.9. The average Bonchev–Trinajstić information content (AvgIpc) is 3.35. The zero-order chi connectivity index (χ0) is 26.6. The first-order chi connectivity index (χ1) is 18.4. The number of para-hydroxylation sites is 1. The number of aromatic nitrogens is 2. The minimum Gasteiger partial charge on any atom is -0.483 e. The van der Waals surface area contributed by atoms with Crippen molar-refractivity contribution in [1.29, 1.82) is 0 Å². The van der Waals surface area contributed by atoms with Crippen LogP contribution in [-0.4, -0.2) is 61.8 Å². The highest BCUT2D eigenvalue weighted by Gasteiger charge is 2.30. The summed E-state index contributed by atoms with van der Waals surface area (Å²) in [6.45, 7) is 4.61. The van der Waals surface area contributed by atoms with E-state index in [1.165, 1.54) is 4.68 Å². The van der Waals surface area contributed by atoms with E-state index in [1.54, 1.807) is 6.20 Å². The summed E-state index contributed by atoms with van der Waals surface area (Å²) in [5, 5.41) is 14.4. The van der Waals surface area contributed by atoms with E-state index < -0.39 is 17.3 Å². The van der Waals surface area contributed by atoms with Gasteiger partial charge in [0.05, 0.1) is 18.0 Å². The first-order valence-corrected chi connectivity index (χ1v) is 14.0. The van der Waals surface area contributed by atoms with Crippen LogP contribution >= 0.6 is 0 Å². The quantitative estimate of drug-likeness (QED) is 0.374. The van der Waals surface area contributed by atoms with Gasteiger partial charge >= 0.3 is 5.56 Å². The highest BCUT2D eigenvalue weighted by Crippen LogP contribution is 2.30. The van der Waals surface area contributed by atoms with Crippen LogP contribution in [0.2, 0.25) is 0 Å². The Bertz CT molecular complexity index is 1340. The largest absolute Gasteiger partial charge is 0.483 e. The lowest BCUT2D eigenvalue weighted by atomic mass is 10.1. The van der Waals surface area contributed by atoms with Crippen molar-refractivity contribution >= 4 is 22.5 Å². The molecule has 4 N–H and O–H groups in total. The Kier molecular flexibility index (Phi) is 8.08. The molecular weight excluding hydrogens is 504 g/mol. The van der Waals surface area contributed by atoms with Crippen LogP contribution in [0.4, 0.5) is 11.4 Å². The van der Waals surface area contributed by atoms with Crippen molar-refractivity contribution in [3.8, 4) is 11.4 Å². The molecule has 3 aromatic rings. The second kappa shape index (κ2) is 11.6. The number of nitrogens with one attached hydrogen (secondary N) is 1. The van der Waals surface area contributed by atoms with Crippen LogP contribution in [0.15, 0.2) is 59.5 Å². The van der Waals surface area contributed by atoms with Gasteiger partial charge in [-0.3, -0.25) is 4.79 Å². The second-order valence-corrected chi connectivity index (χ2v) is 11.1. The van der Waals surface area contributed by atoms with Crippen molar-refractivity contribution in [3.05, 3.63) is 76.2 Å². The molecule has 10 nitrogen and oxygen atoms in total. The summed E-state index contributed by atoms with van der Waals surface area (Å²) in [6.07, 6.45) is 2.88. The molecule has 202 valence electrons. The van der Waals surface area contributed by atoms with Gasteiger partial charge in [-0.05, 0) is 49.1 Å². The summed E-state index contributed by atoms with van der Waals surface area (Å²) < 4.78 is 25.4. The lowest BCUT2D eigenvalue weighted by Gasteiger charge is -2.35. The normalized spacial score (nSPS) is 20.9. The topological polar surface area (TPSA) is 126 Å². The minimum atomic E-state index is -1.36. The van der Waals surface area contributed by atoms with Crippen LogP contribution in [-0.2, 0) is 17.7 Å². The number of aryl methyl sites for hydroxylation is 1. The van der Waals surface area contributed by atoms with Gasteiger partial charge in [-0.2, -0.15) is 9.78 Å². The van der Waals surface area contributed by atoms with Gasteiger partial charge in [-0.1, -0.05) is 30.3 Å². The van der Waals surface area contributed by atoms with Crippen LogP contribution in [0.25, 0.3) is 5.69 Å². The highest BCUT2D eigenvalue weighted by atomic mass is 32.2. The average molecular weight is 539 g/mol. The van der Waals surface area contributed by atoms with Crippen LogP contribution in [0, 0.1) is 6.92 Å². The molecule has 1 aliphatic carbocycles. The van der Waals surface area contributed by atoms with Crippen LogP contribution in [0.5, 0.6) is 5.75 Å². The van der Waals surface area contributed by atoms with Gasteiger partial charge in [-0.15, -0.1) is 0 Å². The van der Waals surface area contributed by atoms with Crippen molar-refractivity contribution in [2.24, 2.45) is 0 Å². The summed E-state index contributed by atoms with van der Waals surface area (Å²) in [7, 11) is 0. The Hall–Kier alpha value is -3.25. The number of hydrogen-bond donors (Lipinski definition) is 3. The second-order valence-electron chi connectivity index (χ2n) is 9.80. The predicted octanol–water partition coefficient (Wildman–Crippen LogP) is 1.91. The molecule has 1 aromatic heterocycles. The molecule has 5 rings (SSSR count). The van der Waals surface area contributed by atoms with E-state index in [4.69, 9.17) is 10.5 Å². The van der Waals surface area contributed by atoms with Gasteiger partial charge in [-0.25, -0.2) is 13.2 Å². The maximum atomic E-state index is 13.5. The highest BCUT2D eigenvalue weighted by molar-refractivity contribution is 7.80.